The van der Waals surface area contributed by atoms with Crippen molar-refractivity contribution in [1.82, 2.24) is 0 Å². The van der Waals surface area contributed by atoms with Crippen LogP contribution in [0.3, 0.4) is 0 Å². The molecule has 0 amide bonds. The Hall–Kier alpha value is -1.26. The molecule has 0 radical (unpaired) electrons. The molecule has 14 heavy (non-hydrogen) atoms. The molecule has 0 aliphatic carbocycles. The molecule has 1 unspecified atom stereocenters. The summed E-state index contributed by atoms with van der Waals surface area (Å²) in [7, 11) is 0. The largest absolute Gasteiger partial charge is 0.491 e. The Morgan fingerprint density at radius 2 is 2.21 bits per heavy atom. The third-order valence-electron chi connectivity index (χ3n) is 1.89. The lowest BCUT2D eigenvalue weighted by atomic mass is 10.2. The molecule has 4 nitrogen and oxygen atoms in total. The van der Waals surface area contributed by atoms with E-state index in [0.29, 0.717) is 11.4 Å². The van der Waals surface area contributed by atoms with Gasteiger partial charge in [-0.1, -0.05) is 0 Å². The summed E-state index contributed by atoms with van der Waals surface area (Å²) in [5.74, 6) is 0.643. The molecule has 4 N–H and O–H groups in total. The number of aliphatic hydroxyl groups excluding tert-OH is 2. The van der Waals surface area contributed by atoms with Gasteiger partial charge in [-0.3, -0.25) is 0 Å². The summed E-state index contributed by atoms with van der Waals surface area (Å²) in [4.78, 5) is 0. The predicted octanol–water partition coefficient (Wildman–Crippen LogP) is 0.309. The van der Waals surface area contributed by atoms with Crippen molar-refractivity contribution in [1.29, 1.82) is 0 Å². The molecule has 1 aromatic rings. The van der Waals surface area contributed by atoms with E-state index >= 15 is 0 Å². The van der Waals surface area contributed by atoms with Gasteiger partial charge in [-0.25, -0.2) is 0 Å². The highest BCUT2D eigenvalue weighted by Gasteiger charge is 2.03. The molecule has 0 fully saturated rings. The number of hydrogen-bond donors (Lipinski definition) is 3. The number of hydrogen-bond acceptors (Lipinski definition) is 4. The Kier molecular flexibility index (Phi) is 3.73. The van der Waals surface area contributed by atoms with Crippen molar-refractivity contribution in [3.8, 4) is 5.75 Å². The van der Waals surface area contributed by atoms with Crippen LogP contribution in [0.15, 0.2) is 18.2 Å². The molecule has 1 aromatic carbocycles. The van der Waals surface area contributed by atoms with Crippen molar-refractivity contribution in [2.75, 3.05) is 18.9 Å². The minimum absolute atomic E-state index is 0.0832. The second kappa shape index (κ2) is 4.83. The molecule has 1 atom stereocenters. The summed E-state index contributed by atoms with van der Waals surface area (Å²) < 4.78 is 5.23. The lowest BCUT2D eigenvalue weighted by molar-refractivity contribution is 0.0536. The van der Waals surface area contributed by atoms with E-state index in [1.54, 1.807) is 18.2 Å². The fourth-order valence-corrected chi connectivity index (χ4v) is 0.983. The lowest BCUT2D eigenvalue weighted by Crippen LogP contribution is -2.21. The van der Waals surface area contributed by atoms with Gasteiger partial charge < -0.3 is 20.7 Å². The van der Waals surface area contributed by atoms with Gasteiger partial charge in [0.1, 0.15) is 18.5 Å². The molecule has 0 spiro atoms. The number of aryl methyl sites for hydroxylation is 1. The molecule has 1 rings (SSSR count). The van der Waals surface area contributed by atoms with Gasteiger partial charge in [-0.2, -0.15) is 0 Å². The molecule has 0 saturated carbocycles. The number of rotatable bonds is 4. The van der Waals surface area contributed by atoms with Crippen LogP contribution in [0.4, 0.5) is 5.69 Å². The number of nitrogen functional groups attached to an aromatic ring is 1. The molecule has 0 aliphatic rings. The molecule has 0 aromatic heterocycles. The maximum atomic E-state index is 9.04. The zero-order valence-corrected chi connectivity index (χ0v) is 8.10. The first-order chi connectivity index (χ1) is 6.63. The van der Waals surface area contributed by atoms with Crippen LogP contribution in [0.25, 0.3) is 0 Å². The highest BCUT2D eigenvalue weighted by Crippen LogP contribution is 2.18. The van der Waals surface area contributed by atoms with E-state index in [1.165, 1.54) is 0 Å². The Balaban J connectivity index is 2.55. The van der Waals surface area contributed by atoms with Crippen LogP contribution in [0.2, 0.25) is 0 Å². The van der Waals surface area contributed by atoms with E-state index in [2.05, 4.69) is 0 Å². The maximum Gasteiger partial charge on any atom is 0.119 e. The zero-order chi connectivity index (χ0) is 10.6. The van der Waals surface area contributed by atoms with Crippen molar-refractivity contribution in [2.45, 2.75) is 13.0 Å². The molecule has 78 valence electrons. The number of anilines is 1. The third kappa shape index (κ3) is 2.90. The fourth-order valence-electron chi connectivity index (χ4n) is 0.983. The first-order valence-corrected chi connectivity index (χ1v) is 4.41. The van der Waals surface area contributed by atoms with Crippen LogP contribution in [0.1, 0.15) is 5.56 Å². The van der Waals surface area contributed by atoms with Crippen LogP contribution in [0.5, 0.6) is 5.75 Å². The van der Waals surface area contributed by atoms with Crippen molar-refractivity contribution < 1.29 is 14.9 Å². The minimum atomic E-state index is -0.840. The van der Waals surface area contributed by atoms with Crippen molar-refractivity contribution in [3.05, 3.63) is 23.8 Å². The van der Waals surface area contributed by atoms with Crippen LogP contribution in [0, 0.1) is 6.92 Å². The summed E-state index contributed by atoms with van der Waals surface area (Å²) in [6, 6.07) is 5.27. The predicted molar refractivity (Wildman–Crippen MR) is 54.2 cm³/mol. The molecule has 0 bridgehead atoms. The average Bonchev–Trinajstić information content (AvgIpc) is 2.19. The Labute approximate surface area is 82.9 Å². The Bertz CT molecular complexity index is 301. The number of aliphatic hydroxyl groups is 2. The summed E-state index contributed by atoms with van der Waals surface area (Å²) in [5.41, 5.74) is 7.27. The quantitative estimate of drug-likeness (QED) is 0.607. The van der Waals surface area contributed by atoms with E-state index in [1.807, 2.05) is 6.92 Å². The van der Waals surface area contributed by atoms with Crippen LogP contribution in [-0.4, -0.2) is 29.5 Å². The number of ether oxygens (including phenoxy) is 1. The average molecular weight is 197 g/mol. The van der Waals surface area contributed by atoms with Gasteiger partial charge in [-0.05, 0) is 30.7 Å². The standard InChI is InChI=1S/C10H15NO3/c1-7-4-9(2-3-10(7)11)14-6-8(13)5-12/h2-4,8,12-13H,5-6,11H2,1H3. The lowest BCUT2D eigenvalue weighted by Gasteiger charge is -2.10. The number of benzene rings is 1. The monoisotopic (exact) mass is 197 g/mol. The van der Waals surface area contributed by atoms with Crippen LogP contribution >= 0.6 is 0 Å². The summed E-state index contributed by atoms with van der Waals surface area (Å²) in [5, 5.41) is 17.6. The second-order valence-corrected chi connectivity index (χ2v) is 3.17. The van der Waals surface area contributed by atoms with Gasteiger partial charge in [0.05, 0.1) is 6.61 Å². The maximum absolute atomic E-state index is 9.04. The normalized spacial score (nSPS) is 12.5. The highest BCUT2D eigenvalue weighted by molar-refractivity contribution is 5.49. The van der Waals surface area contributed by atoms with E-state index in [9.17, 15) is 0 Å². The molecular formula is C10H15NO3. The highest BCUT2D eigenvalue weighted by atomic mass is 16.5. The van der Waals surface area contributed by atoms with Gasteiger partial charge in [0.2, 0.25) is 0 Å². The minimum Gasteiger partial charge on any atom is -0.491 e. The summed E-state index contributed by atoms with van der Waals surface area (Å²) in [6.07, 6.45) is -0.840. The molecule has 0 heterocycles. The van der Waals surface area contributed by atoms with E-state index in [-0.39, 0.29) is 13.2 Å². The van der Waals surface area contributed by atoms with Gasteiger partial charge >= 0.3 is 0 Å². The molecule has 0 saturated heterocycles. The van der Waals surface area contributed by atoms with Gasteiger partial charge in [0.15, 0.2) is 0 Å². The Morgan fingerprint density at radius 3 is 2.79 bits per heavy atom. The van der Waals surface area contributed by atoms with Gasteiger partial charge in [0, 0.05) is 5.69 Å². The first-order valence-electron chi connectivity index (χ1n) is 4.41. The van der Waals surface area contributed by atoms with Crippen molar-refractivity contribution in [2.24, 2.45) is 0 Å². The topological polar surface area (TPSA) is 75.7 Å². The van der Waals surface area contributed by atoms with E-state index in [4.69, 9.17) is 20.7 Å². The smallest absolute Gasteiger partial charge is 0.119 e. The van der Waals surface area contributed by atoms with E-state index in [0.717, 1.165) is 5.56 Å². The molecular weight excluding hydrogens is 182 g/mol. The van der Waals surface area contributed by atoms with E-state index < -0.39 is 6.10 Å². The summed E-state index contributed by atoms with van der Waals surface area (Å²) in [6.45, 7) is 1.67. The van der Waals surface area contributed by atoms with Crippen molar-refractivity contribution in [3.63, 3.8) is 0 Å². The molecule has 4 heteroatoms. The SMILES string of the molecule is Cc1cc(OCC(O)CO)ccc1N. The number of nitrogens with two attached hydrogens (primary N) is 1. The van der Waals surface area contributed by atoms with Crippen molar-refractivity contribution >= 4 is 5.69 Å². The van der Waals surface area contributed by atoms with Gasteiger partial charge in [-0.15, -0.1) is 0 Å². The first kappa shape index (κ1) is 10.8. The third-order valence-corrected chi connectivity index (χ3v) is 1.89. The zero-order valence-electron chi connectivity index (χ0n) is 8.10. The molecule has 0 aliphatic heterocycles. The van der Waals surface area contributed by atoms with Crippen LogP contribution < -0.4 is 10.5 Å². The van der Waals surface area contributed by atoms with Crippen LogP contribution in [-0.2, 0) is 0 Å². The Morgan fingerprint density at radius 1 is 1.50 bits per heavy atom. The van der Waals surface area contributed by atoms with Gasteiger partial charge in [0.25, 0.3) is 0 Å². The second-order valence-electron chi connectivity index (χ2n) is 3.17. The fraction of sp³-hybridized carbons (Fsp3) is 0.400. The summed E-state index contributed by atoms with van der Waals surface area (Å²) >= 11 is 0.